The van der Waals surface area contributed by atoms with Crippen LogP contribution in [0.2, 0.25) is 0 Å². The van der Waals surface area contributed by atoms with Crippen molar-refractivity contribution < 1.29 is 9.59 Å². The average molecular weight is 337 g/mol. The summed E-state index contributed by atoms with van der Waals surface area (Å²) in [6.45, 7) is 3.78. The SMILES string of the molecule is C[C@@H](C(=O)NC(=O)NCc1ccccc1)N1CCc2ccccc2C1. The highest BCUT2D eigenvalue weighted by Crippen LogP contribution is 2.20. The first-order valence-corrected chi connectivity index (χ1v) is 8.57. The number of carbonyl (C=O) groups excluding carboxylic acids is 2. The molecule has 1 atom stereocenters. The lowest BCUT2D eigenvalue weighted by molar-refractivity contribution is -0.125. The number of hydrogen-bond donors (Lipinski definition) is 2. The summed E-state index contributed by atoms with van der Waals surface area (Å²) < 4.78 is 0. The second-order valence-electron chi connectivity index (χ2n) is 6.32. The van der Waals surface area contributed by atoms with E-state index in [0.29, 0.717) is 6.54 Å². The van der Waals surface area contributed by atoms with Crippen molar-refractivity contribution in [3.8, 4) is 0 Å². The highest BCUT2D eigenvalue weighted by atomic mass is 16.2. The number of amides is 3. The Morgan fingerprint density at radius 3 is 2.48 bits per heavy atom. The van der Waals surface area contributed by atoms with E-state index in [0.717, 1.165) is 25.1 Å². The van der Waals surface area contributed by atoms with Gasteiger partial charge < -0.3 is 5.32 Å². The van der Waals surface area contributed by atoms with E-state index in [-0.39, 0.29) is 11.9 Å². The van der Waals surface area contributed by atoms with Gasteiger partial charge in [-0.15, -0.1) is 0 Å². The Bertz CT molecular complexity index is 746. The van der Waals surface area contributed by atoms with E-state index in [1.165, 1.54) is 11.1 Å². The van der Waals surface area contributed by atoms with E-state index in [1.54, 1.807) is 0 Å². The molecule has 0 bridgehead atoms. The van der Waals surface area contributed by atoms with Crippen LogP contribution in [0, 0.1) is 0 Å². The first-order valence-electron chi connectivity index (χ1n) is 8.57. The van der Waals surface area contributed by atoms with Crippen molar-refractivity contribution in [2.75, 3.05) is 6.54 Å². The van der Waals surface area contributed by atoms with Gasteiger partial charge >= 0.3 is 6.03 Å². The molecule has 3 rings (SSSR count). The van der Waals surface area contributed by atoms with Gasteiger partial charge in [-0.1, -0.05) is 54.6 Å². The van der Waals surface area contributed by atoms with Crippen LogP contribution in [0.25, 0.3) is 0 Å². The molecule has 2 N–H and O–H groups in total. The predicted octanol–water partition coefficient (Wildman–Crippen LogP) is 2.46. The molecule has 0 spiro atoms. The topological polar surface area (TPSA) is 61.4 Å². The Morgan fingerprint density at radius 2 is 1.72 bits per heavy atom. The molecule has 0 saturated carbocycles. The minimum absolute atomic E-state index is 0.273. The van der Waals surface area contributed by atoms with Gasteiger partial charge in [-0.2, -0.15) is 0 Å². The molecule has 0 radical (unpaired) electrons. The minimum Gasteiger partial charge on any atom is -0.334 e. The van der Waals surface area contributed by atoms with Gasteiger partial charge in [-0.05, 0) is 30.0 Å². The van der Waals surface area contributed by atoms with Gasteiger partial charge in [0.25, 0.3) is 0 Å². The van der Waals surface area contributed by atoms with E-state index in [2.05, 4.69) is 27.7 Å². The molecule has 2 aromatic carbocycles. The van der Waals surface area contributed by atoms with Crippen molar-refractivity contribution in [1.82, 2.24) is 15.5 Å². The molecule has 3 amide bonds. The zero-order valence-corrected chi connectivity index (χ0v) is 14.4. The average Bonchev–Trinajstić information content (AvgIpc) is 2.66. The number of fused-ring (bicyclic) bond motifs is 1. The first-order chi connectivity index (χ1) is 12.1. The van der Waals surface area contributed by atoms with Crippen LogP contribution in [-0.2, 0) is 24.3 Å². The summed E-state index contributed by atoms with van der Waals surface area (Å²) in [5.41, 5.74) is 3.58. The van der Waals surface area contributed by atoms with Crippen LogP contribution in [0.5, 0.6) is 0 Å². The largest absolute Gasteiger partial charge is 0.334 e. The molecule has 0 saturated heterocycles. The summed E-state index contributed by atoms with van der Waals surface area (Å²) >= 11 is 0. The summed E-state index contributed by atoms with van der Waals surface area (Å²) in [6, 6.07) is 17.1. The fourth-order valence-corrected chi connectivity index (χ4v) is 3.05. The Balaban J connectivity index is 1.50. The molecule has 1 aliphatic rings. The Kier molecular flexibility index (Phi) is 5.46. The maximum absolute atomic E-state index is 12.4. The Labute approximate surface area is 148 Å². The van der Waals surface area contributed by atoms with Gasteiger partial charge in [0.1, 0.15) is 0 Å². The monoisotopic (exact) mass is 337 g/mol. The fraction of sp³-hybridized carbons (Fsp3) is 0.300. The highest BCUT2D eigenvalue weighted by molar-refractivity contribution is 5.96. The quantitative estimate of drug-likeness (QED) is 0.901. The van der Waals surface area contributed by atoms with Gasteiger partial charge in [0.2, 0.25) is 5.91 Å². The van der Waals surface area contributed by atoms with Crippen LogP contribution in [0.3, 0.4) is 0 Å². The van der Waals surface area contributed by atoms with Crippen LogP contribution >= 0.6 is 0 Å². The molecular formula is C20H23N3O2. The summed E-state index contributed by atoms with van der Waals surface area (Å²) in [4.78, 5) is 26.4. The van der Waals surface area contributed by atoms with Crippen LogP contribution in [-0.4, -0.2) is 29.4 Å². The second kappa shape index (κ2) is 7.94. The van der Waals surface area contributed by atoms with E-state index in [1.807, 2.05) is 49.4 Å². The van der Waals surface area contributed by atoms with Gasteiger partial charge in [-0.25, -0.2) is 4.79 Å². The van der Waals surface area contributed by atoms with Gasteiger partial charge in [0.15, 0.2) is 0 Å². The number of rotatable bonds is 4. The van der Waals surface area contributed by atoms with Crippen LogP contribution < -0.4 is 10.6 Å². The first kappa shape index (κ1) is 17.2. The lowest BCUT2D eigenvalue weighted by Crippen LogP contribution is -2.50. The van der Waals surface area contributed by atoms with Crippen LogP contribution in [0.1, 0.15) is 23.6 Å². The molecule has 5 nitrogen and oxygen atoms in total. The van der Waals surface area contributed by atoms with E-state index < -0.39 is 6.03 Å². The Morgan fingerprint density at radius 1 is 1.04 bits per heavy atom. The molecule has 1 heterocycles. The Hall–Kier alpha value is -2.66. The minimum atomic E-state index is -0.460. The summed E-state index contributed by atoms with van der Waals surface area (Å²) in [7, 11) is 0. The fourth-order valence-electron chi connectivity index (χ4n) is 3.05. The van der Waals surface area contributed by atoms with Gasteiger partial charge in [0.05, 0.1) is 6.04 Å². The number of carbonyl (C=O) groups is 2. The number of nitrogens with zero attached hydrogens (tertiary/aromatic N) is 1. The lowest BCUT2D eigenvalue weighted by atomic mass is 9.99. The maximum atomic E-state index is 12.4. The summed E-state index contributed by atoms with van der Waals surface area (Å²) in [5.74, 6) is -0.273. The van der Waals surface area contributed by atoms with Crippen molar-refractivity contribution >= 4 is 11.9 Å². The number of urea groups is 1. The smallest absolute Gasteiger partial charge is 0.321 e. The lowest BCUT2D eigenvalue weighted by Gasteiger charge is -2.32. The van der Waals surface area contributed by atoms with Crippen molar-refractivity contribution in [2.24, 2.45) is 0 Å². The zero-order valence-electron chi connectivity index (χ0n) is 14.4. The van der Waals surface area contributed by atoms with Crippen molar-refractivity contribution in [1.29, 1.82) is 0 Å². The van der Waals surface area contributed by atoms with Crippen molar-refractivity contribution in [3.63, 3.8) is 0 Å². The molecule has 130 valence electrons. The van der Waals surface area contributed by atoms with Crippen molar-refractivity contribution in [2.45, 2.75) is 32.5 Å². The molecule has 2 aromatic rings. The number of hydrogen-bond acceptors (Lipinski definition) is 3. The summed E-state index contributed by atoms with van der Waals surface area (Å²) in [5, 5.41) is 5.15. The number of nitrogens with one attached hydrogen (secondary N) is 2. The van der Waals surface area contributed by atoms with Gasteiger partial charge in [-0.3, -0.25) is 15.0 Å². The molecule has 1 aliphatic heterocycles. The molecule has 0 aromatic heterocycles. The van der Waals surface area contributed by atoms with E-state index >= 15 is 0 Å². The highest BCUT2D eigenvalue weighted by Gasteiger charge is 2.26. The molecular weight excluding hydrogens is 314 g/mol. The van der Waals surface area contributed by atoms with E-state index in [9.17, 15) is 9.59 Å². The maximum Gasteiger partial charge on any atom is 0.321 e. The molecule has 0 unspecified atom stereocenters. The summed E-state index contributed by atoms with van der Waals surface area (Å²) in [6.07, 6.45) is 0.925. The zero-order chi connectivity index (χ0) is 17.6. The van der Waals surface area contributed by atoms with Crippen molar-refractivity contribution in [3.05, 3.63) is 71.3 Å². The second-order valence-corrected chi connectivity index (χ2v) is 6.32. The molecule has 0 fully saturated rings. The molecule has 25 heavy (non-hydrogen) atoms. The third kappa shape index (κ3) is 4.45. The van der Waals surface area contributed by atoms with Crippen LogP contribution in [0.15, 0.2) is 54.6 Å². The number of imide groups is 1. The third-order valence-electron chi connectivity index (χ3n) is 4.62. The van der Waals surface area contributed by atoms with E-state index in [4.69, 9.17) is 0 Å². The molecule has 5 heteroatoms. The predicted molar refractivity (Wildman–Crippen MR) is 96.8 cm³/mol. The number of benzene rings is 2. The standard InChI is InChI=1S/C20H23N3O2/c1-15(23-12-11-17-9-5-6-10-18(17)14-23)19(24)22-20(25)21-13-16-7-3-2-4-8-16/h2-10,15H,11-14H2,1H3,(H2,21,22,24,25)/t15-/m0/s1. The normalized spacial score (nSPS) is 15.1. The molecule has 0 aliphatic carbocycles. The van der Waals surface area contributed by atoms with Crippen LogP contribution in [0.4, 0.5) is 4.79 Å². The third-order valence-corrected chi connectivity index (χ3v) is 4.62. The van der Waals surface area contributed by atoms with Gasteiger partial charge in [0, 0.05) is 19.6 Å².